The fourth-order valence-electron chi connectivity index (χ4n) is 1.09. The third-order valence-electron chi connectivity index (χ3n) is 1.67. The van der Waals surface area contributed by atoms with E-state index in [1.54, 1.807) is 0 Å². The lowest BCUT2D eigenvalue weighted by atomic mass is 10.3. The molecule has 0 fully saturated rings. The van der Waals surface area contributed by atoms with Crippen LogP contribution in [0.2, 0.25) is 0 Å². The first-order valence-corrected chi connectivity index (χ1v) is 4.06. The van der Waals surface area contributed by atoms with Crippen LogP contribution in [0.25, 0.3) is 0 Å². The molecule has 3 N–H and O–H groups in total. The second-order valence-corrected chi connectivity index (χ2v) is 2.90. The largest absolute Gasteiger partial charge is 0.405 e. The quantitative estimate of drug-likeness (QED) is 0.643. The van der Waals surface area contributed by atoms with Crippen molar-refractivity contribution in [2.75, 3.05) is 0 Å². The summed E-state index contributed by atoms with van der Waals surface area (Å²) in [6.45, 7) is 4.27. The zero-order valence-electron chi connectivity index (χ0n) is 7.49. The van der Waals surface area contributed by atoms with Gasteiger partial charge in [0.15, 0.2) is 0 Å². The number of rotatable bonds is 2. The van der Waals surface area contributed by atoms with Crippen molar-refractivity contribution in [2.24, 2.45) is 5.73 Å². The molecular weight excluding hydrogens is 150 g/mol. The molecule has 3 heteroatoms. The smallest absolute Gasteiger partial charge is 0.110 e. The van der Waals surface area contributed by atoms with Crippen molar-refractivity contribution in [3.05, 3.63) is 36.6 Å². The van der Waals surface area contributed by atoms with E-state index in [2.05, 4.69) is 24.1 Å². The Morgan fingerprint density at radius 1 is 1.58 bits per heavy atom. The number of nitrogens with two attached hydrogens (primary N) is 1. The van der Waals surface area contributed by atoms with Crippen LogP contribution in [0.1, 0.15) is 13.8 Å². The van der Waals surface area contributed by atoms with Gasteiger partial charge in [-0.1, -0.05) is 0 Å². The van der Waals surface area contributed by atoms with Gasteiger partial charge in [0.2, 0.25) is 0 Å². The summed E-state index contributed by atoms with van der Waals surface area (Å²) in [5.74, 6) is 1.06. The maximum atomic E-state index is 5.24. The molecule has 1 heterocycles. The number of hydrogen-bond donors (Lipinski definition) is 2. The molecule has 0 bridgehead atoms. The van der Waals surface area contributed by atoms with Gasteiger partial charge in [-0.25, -0.2) is 0 Å². The van der Waals surface area contributed by atoms with Crippen LogP contribution in [-0.2, 0) is 0 Å². The van der Waals surface area contributed by atoms with E-state index in [4.69, 9.17) is 5.73 Å². The molecule has 3 nitrogen and oxygen atoms in total. The topological polar surface area (TPSA) is 41.3 Å². The van der Waals surface area contributed by atoms with Crippen LogP contribution in [-0.4, -0.2) is 10.9 Å². The molecule has 0 unspecified atom stereocenters. The molecule has 66 valence electrons. The van der Waals surface area contributed by atoms with Crippen molar-refractivity contribution in [1.29, 1.82) is 0 Å². The summed E-state index contributed by atoms with van der Waals surface area (Å²) in [6, 6.07) is 0.466. The first-order valence-electron chi connectivity index (χ1n) is 4.06. The Kier molecular flexibility index (Phi) is 2.80. The van der Waals surface area contributed by atoms with Crippen molar-refractivity contribution in [3.63, 3.8) is 0 Å². The maximum Gasteiger partial charge on any atom is 0.110 e. The number of nitrogens with one attached hydrogen (secondary N) is 1. The molecule has 0 spiro atoms. The minimum atomic E-state index is 0.466. The van der Waals surface area contributed by atoms with Crippen LogP contribution in [0.15, 0.2) is 36.6 Å². The normalized spacial score (nSPS) is 19.9. The predicted molar refractivity (Wildman–Crippen MR) is 50.7 cm³/mol. The first kappa shape index (κ1) is 8.71. The number of allylic oxidation sites excluding steroid dienone is 2. The van der Waals surface area contributed by atoms with E-state index in [0.29, 0.717) is 6.04 Å². The van der Waals surface area contributed by atoms with Crippen LogP contribution >= 0.6 is 0 Å². The summed E-state index contributed by atoms with van der Waals surface area (Å²) in [5.41, 5.74) is 5.24. The van der Waals surface area contributed by atoms with Gasteiger partial charge in [0.05, 0.1) is 0 Å². The molecule has 0 aliphatic carbocycles. The van der Waals surface area contributed by atoms with Crippen LogP contribution < -0.4 is 11.1 Å². The molecule has 0 aromatic heterocycles. The highest BCUT2D eigenvalue weighted by molar-refractivity contribution is 5.18. The van der Waals surface area contributed by atoms with E-state index in [-0.39, 0.29) is 0 Å². The van der Waals surface area contributed by atoms with E-state index in [1.807, 2.05) is 24.6 Å². The zero-order valence-corrected chi connectivity index (χ0v) is 7.49. The fraction of sp³-hybridized carbons (Fsp3) is 0.333. The van der Waals surface area contributed by atoms with Crippen LogP contribution in [0, 0.1) is 0 Å². The Labute approximate surface area is 73.2 Å². The number of nitrogens with zero attached hydrogens (tertiary/aromatic N) is 1. The van der Waals surface area contributed by atoms with E-state index in [1.165, 1.54) is 6.20 Å². The SMILES string of the molecule is CC(C)N1C=CN/C1=C\C=C/N. The molecule has 12 heavy (non-hydrogen) atoms. The van der Waals surface area contributed by atoms with Gasteiger partial charge < -0.3 is 16.0 Å². The van der Waals surface area contributed by atoms with Gasteiger partial charge in [0.25, 0.3) is 0 Å². The molecule has 1 aliphatic heterocycles. The monoisotopic (exact) mass is 165 g/mol. The minimum absolute atomic E-state index is 0.466. The molecular formula is C9H15N3. The van der Waals surface area contributed by atoms with Gasteiger partial charge in [-0.3, -0.25) is 0 Å². The summed E-state index contributed by atoms with van der Waals surface area (Å²) in [6.07, 6.45) is 9.20. The number of hydrogen-bond acceptors (Lipinski definition) is 3. The zero-order chi connectivity index (χ0) is 8.97. The van der Waals surface area contributed by atoms with Gasteiger partial charge in [-0.05, 0) is 32.2 Å². The third-order valence-corrected chi connectivity index (χ3v) is 1.67. The van der Waals surface area contributed by atoms with E-state index < -0.39 is 0 Å². The minimum Gasteiger partial charge on any atom is -0.405 e. The molecule has 0 aromatic carbocycles. The lowest BCUT2D eigenvalue weighted by Gasteiger charge is -2.21. The Morgan fingerprint density at radius 3 is 2.92 bits per heavy atom. The maximum absolute atomic E-state index is 5.24. The Bertz CT molecular complexity index is 226. The standard InChI is InChI=1S/C9H15N3/c1-8(2)12-7-6-11-9(12)4-3-5-10/h3-8,11H,10H2,1-2H3/b5-3-,9-4+. The molecule has 0 saturated heterocycles. The highest BCUT2D eigenvalue weighted by Gasteiger charge is 2.12. The Morgan fingerprint density at radius 2 is 2.33 bits per heavy atom. The van der Waals surface area contributed by atoms with Gasteiger partial charge in [0.1, 0.15) is 5.82 Å². The van der Waals surface area contributed by atoms with Crippen molar-refractivity contribution in [3.8, 4) is 0 Å². The summed E-state index contributed by atoms with van der Waals surface area (Å²) < 4.78 is 0. The van der Waals surface area contributed by atoms with Crippen LogP contribution in [0.4, 0.5) is 0 Å². The van der Waals surface area contributed by atoms with Gasteiger partial charge in [-0.15, -0.1) is 0 Å². The Hall–Kier alpha value is -1.38. The molecule has 0 radical (unpaired) electrons. The predicted octanol–water partition coefficient (Wildman–Crippen LogP) is 1.08. The molecule has 0 aromatic rings. The van der Waals surface area contributed by atoms with E-state index in [0.717, 1.165) is 5.82 Å². The van der Waals surface area contributed by atoms with Crippen molar-refractivity contribution >= 4 is 0 Å². The summed E-state index contributed by atoms with van der Waals surface area (Å²) >= 11 is 0. The summed E-state index contributed by atoms with van der Waals surface area (Å²) in [5, 5.41) is 3.12. The van der Waals surface area contributed by atoms with Crippen molar-refractivity contribution < 1.29 is 0 Å². The van der Waals surface area contributed by atoms with E-state index >= 15 is 0 Å². The fourth-order valence-corrected chi connectivity index (χ4v) is 1.09. The second-order valence-electron chi connectivity index (χ2n) is 2.90. The highest BCUT2D eigenvalue weighted by Crippen LogP contribution is 2.12. The second kappa shape index (κ2) is 3.85. The molecule has 0 saturated carbocycles. The first-order chi connectivity index (χ1) is 5.75. The van der Waals surface area contributed by atoms with E-state index in [9.17, 15) is 0 Å². The summed E-state index contributed by atoms with van der Waals surface area (Å²) in [4.78, 5) is 2.14. The third kappa shape index (κ3) is 1.81. The Balaban J connectivity index is 2.68. The van der Waals surface area contributed by atoms with Crippen molar-refractivity contribution in [2.45, 2.75) is 19.9 Å². The molecule has 1 aliphatic rings. The highest BCUT2D eigenvalue weighted by atomic mass is 15.3. The van der Waals surface area contributed by atoms with Crippen molar-refractivity contribution in [1.82, 2.24) is 10.2 Å². The molecule has 1 rings (SSSR count). The summed E-state index contributed by atoms with van der Waals surface area (Å²) in [7, 11) is 0. The lowest BCUT2D eigenvalue weighted by molar-refractivity contribution is 0.387. The average Bonchev–Trinajstić information content (AvgIpc) is 2.48. The molecule has 0 atom stereocenters. The van der Waals surface area contributed by atoms with Gasteiger partial charge in [-0.2, -0.15) is 0 Å². The van der Waals surface area contributed by atoms with Crippen LogP contribution in [0.3, 0.4) is 0 Å². The molecule has 0 amide bonds. The van der Waals surface area contributed by atoms with Gasteiger partial charge in [0, 0.05) is 18.4 Å². The van der Waals surface area contributed by atoms with Gasteiger partial charge >= 0.3 is 0 Å². The average molecular weight is 165 g/mol. The van der Waals surface area contributed by atoms with Crippen LogP contribution in [0.5, 0.6) is 0 Å². The lowest BCUT2D eigenvalue weighted by Crippen LogP contribution is -2.25.